The standard InChI is InChI=1S/C9H13N3O6/c10-5-1-2-12(8(16)11-5)9(17)7(15)6(14)4(3-13)18-9/h1-2,4,6-7,13-15,17H,3H2,(H2,10,11,16)/t4-,6-,7+,9+/m0/s1. The molecule has 1 fully saturated rings. The molecule has 0 bridgehead atoms. The van der Waals surface area contributed by atoms with E-state index < -0.39 is 36.5 Å². The molecule has 100 valence electrons. The van der Waals surface area contributed by atoms with Gasteiger partial charge in [0.05, 0.1) is 6.61 Å². The number of rotatable bonds is 2. The lowest BCUT2D eigenvalue weighted by molar-refractivity contribution is -0.291. The number of aliphatic hydroxyl groups is 4. The second-order valence-corrected chi connectivity index (χ2v) is 3.94. The van der Waals surface area contributed by atoms with Gasteiger partial charge in [-0.3, -0.25) is 0 Å². The van der Waals surface area contributed by atoms with Crippen molar-refractivity contribution in [2.24, 2.45) is 0 Å². The highest BCUT2D eigenvalue weighted by atomic mass is 16.7. The first-order chi connectivity index (χ1) is 8.40. The van der Waals surface area contributed by atoms with Crippen LogP contribution < -0.4 is 11.4 Å². The van der Waals surface area contributed by atoms with Gasteiger partial charge in [0, 0.05) is 6.20 Å². The number of hydrogen-bond donors (Lipinski definition) is 5. The van der Waals surface area contributed by atoms with Crippen LogP contribution in [0.2, 0.25) is 0 Å². The zero-order chi connectivity index (χ0) is 13.5. The van der Waals surface area contributed by atoms with Gasteiger partial charge in [-0.25, -0.2) is 9.36 Å². The van der Waals surface area contributed by atoms with Crippen molar-refractivity contribution in [3.05, 3.63) is 22.7 Å². The van der Waals surface area contributed by atoms with Crippen molar-refractivity contribution in [2.45, 2.75) is 24.2 Å². The van der Waals surface area contributed by atoms with Crippen molar-refractivity contribution in [1.29, 1.82) is 0 Å². The normalized spacial score (nSPS) is 35.9. The number of aliphatic hydroxyl groups excluding tert-OH is 3. The maximum atomic E-state index is 11.6. The van der Waals surface area contributed by atoms with Gasteiger partial charge in [0.1, 0.15) is 18.0 Å². The zero-order valence-electron chi connectivity index (χ0n) is 9.17. The molecular weight excluding hydrogens is 246 g/mol. The summed E-state index contributed by atoms with van der Waals surface area (Å²) >= 11 is 0. The highest BCUT2D eigenvalue weighted by Crippen LogP contribution is 2.32. The lowest BCUT2D eigenvalue weighted by Gasteiger charge is -2.27. The Morgan fingerprint density at radius 2 is 2.22 bits per heavy atom. The first-order valence-corrected chi connectivity index (χ1v) is 5.13. The van der Waals surface area contributed by atoms with Crippen molar-refractivity contribution in [3.63, 3.8) is 0 Å². The van der Waals surface area contributed by atoms with Crippen molar-refractivity contribution >= 4 is 5.82 Å². The lowest BCUT2D eigenvalue weighted by Crippen LogP contribution is -2.50. The molecule has 0 amide bonds. The van der Waals surface area contributed by atoms with Crippen LogP contribution in [0.4, 0.5) is 5.82 Å². The van der Waals surface area contributed by atoms with E-state index in [1.807, 2.05) is 0 Å². The van der Waals surface area contributed by atoms with Gasteiger partial charge in [-0.2, -0.15) is 4.98 Å². The maximum Gasteiger partial charge on any atom is 0.353 e. The minimum atomic E-state index is -2.50. The number of ether oxygens (including phenoxy) is 1. The Hall–Kier alpha value is -1.52. The Morgan fingerprint density at radius 3 is 2.72 bits per heavy atom. The fraction of sp³-hybridized carbons (Fsp3) is 0.556. The summed E-state index contributed by atoms with van der Waals surface area (Å²) in [6.45, 7) is -0.627. The second-order valence-electron chi connectivity index (χ2n) is 3.94. The molecule has 2 rings (SSSR count). The van der Waals surface area contributed by atoms with Crippen molar-refractivity contribution in [1.82, 2.24) is 9.55 Å². The molecule has 0 saturated carbocycles. The SMILES string of the molecule is Nc1ccn([C@]2(O)O[C@@H](CO)[C@H](O)[C@H]2O)c(=O)n1. The third kappa shape index (κ3) is 1.78. The summed E-state index contributed by atoms with van der Waals surface area (Å²) in [6, 6.07) is 1.22. The Bertz CT molecular complexity index is 505. The van der Waals surface area contributed by atoms with Crippen LogP contribution in [0, 0.1) is 0 Å². The molecule has 1 aromatic heterocycles. The van der Waals surface area contributed by atoms with Gasteiger partial charge < -0.3 is 30.9 Å². The molecule has 18 heavy (non-hydrogen) atoms. The Morgan fingerprint density at radius 1 is 1.56 bits per heavy atom. The highest BCUT2D eigenvalue weighted by molar-refractivity contribution is 5.23. The molecule has 4 atom stereocenters. The molecule has 0 aromatic carbocycles. The van der Waals surface area contributed by atoms with Crippen LogP contribution in [0.1, 0.15) is 0 Å². The fourth-order valence-electron chi connectivity index (χ4n) is 1.79. The van der Waals surface area contributed by atoms with Crippen molar-refractivity contribution < 1.29 is 25.2 Å². The predicted octanol–water partition coefficient (Wildman–Crippen LogP) is -3.46. The van der Waals surface area contributed by atoms with E-state index in [1.54, 1.807) is 0 Å². The number of anilines is 1. The van der Waals surface area contributed by atoms with E-state index in [2.05, 4.69) is 4.98 Å². The van der Waals surface area contributed by atoms with E-state index in [0.717, 1.165) is 6.20 Å². The summed E-state index contributed by atoms with van der Waals surface area (Å²) in [5.74, 6) is -2.56. The van der Waals surface area contributed by atoms with E-state index in [4.69, 9.17) is 15.6 Å². The molecule has 2 heterocycles. The number of aromatic nitrogens is 2. The minimum Gasteiger partial charge on any atom is -0.394 e. The van der Waals surface area contributed by atoms with E-state index in [9.17, 15) is 20.1 Å². The molecule has 0 unspecified atom stereocenters. The first-order valence-electron chi connectivity index (χ1n) is 5.13. The van der Waals surface area contributed by atoms with E-state index in [-0.39, 0.29) is 5.82 Å². The Balaban J connectivity index is 2.46. The van der Waals surface area contributed by atoms with Crippen LogP contribution in [0.5, 0.6) is 0 Å². The summed E-state index contributed by atoms with van der Waals surface area (Å²) in [5.41, 5.74) is 4.33. The van der Waals surface area contributed by atoms with Crippen LogP contribution in [0.25, 0.3) is 0 Å². The third-order valence-corrected chi connectivity index (χ3v) is 2.76. The third-order valence-electron chi connectivity index (χ3n) is 2.76. The number of hydrogen-bond acceptors (Lipinski definition) is 8. The van der Waals surface area contributed by atoms with Gasteiger partial charge in [0.15, 0.2) is 6.10 Å². The summed E-state index contributed by atoms with van der Waals surface area (Å²) in [7, 11) is 0. The predicted molar refractivity (Wildman–Crippen MR) is 57.1 cm³/mol. The quantitative estimate of drug-likeness (QED) is 0.367. The molecule has 6 N–H and O–H groups in total. The maximum absolute atomic E-state index is 11.6. The summed E-state index contributed by atoms with van der Waals surface area (Å²) < 4.78 is 5.51. The monoisotopic (exact) mass is 259 g/mol. The molecular formula is C9H13N3O6. The van der Waals surface area contributed by atoms with Gasteiger partial charge >= 0.3 is 5.69 Å². The van der Waals surface area contributed by atoms with Crippen LogP contribution in [-0.4, -0.2) is 54.9 Å². The average Bonchev–Trinajstić information content (AvgIpc) is 2.54. The summed E-state index contributed by atoms with van der Waals surface area (Å²) in [4.78, 5) is 14.9. The van der Waals surface area contributed by atoms with Crippen LogP contribution >= 0.6 is 0 Å². The molecule has 0 spiro atoms. The highest BCUT2D eigenvalue weighted by Gasteiger charge is 2.55. The summed E-state index contributed by atoms with van der Waals surface area (Å²) in [6.07, 6.45) is -3.49. The van der Waals surface area contributed by atoms with Crippen LogP contribution in [0.3, 0.4) is 0 Å². The van der Waals surface area contributed by atoms with Crippen LogP contribution in [-0.2, 0) is 10.6 Å². The van der Waals surface area contributed by atoms with Gasteiger partial charge in [-0.15, -0.1) is 0 Å². The molecule has 9 heteroatoms. The molecule has 9 nitrogen and oxygen atoms in total. The van der Waals surface area contributed by atoms with Gasteiger partial charge in [-0.1, -0.05) is 0 Å². The lowest BCUT2D eigenvalue weighted by atomic mass is 10.1. The topological polar surface area (TPSA) is 151 Å². The fourth-order valence-corrected chi connectivity index (χ4v) is 1.79. The average molecular weight is 259 g/mol. The Kier molecular flexibility index (Phi) is 3.09. The minimum absolute atomic E-state index is 0.0633. The largest absolute Gasteiger partial charge is 0.394 e. The Labute approximate surface area is 101 Å². The van der Waals surface area contributed by atoms with Crippen LogP contribution in [0.15, 0.2) is 17.1 Å². The van der Waals surface area contributed by atoms with Gasteiger partial charge in [0.25, 0.3) is 5.91 Å². The molecule has 1 aliphatic heterocycles. The van der Waals surface area contributed by atoms with Gasteiger partial charge in [-0.05, 0) is 6.07 Å². The first kappa shape index (κ1) is 12.9. The second kappa shape index (κ2) is 4.30. The molecule has 1 saturated heterocycles. The number of nitrogen functional groups attached to an aromatic ring is 1. The molecule has 1 aromatic rings. The number of nitrogens with two attached hydrogens (primary N) is 1. The molecule has 1 aliphatic rings. The van der Waals surface area contributed by atoms with E-state index in [1.165, 1.54) is 6.07 Å². The summed E-state index contributed by atoms with van der Waals surface area (Å²) in [5, 5.41) is 38.3. The van der Waals surface area contributed by atoms with Crippen molar-refractivity contribution in [3.8, 4) is 0 Å². The molecule has 0 aliphatic carbocycles. The smallest absolute Gasteiger partial charge is 0.353 e. The number of nitrogens with zero attached hydrogens (tertiary/aromatic N) is 2. The molecule has 0 radical (unpaired) electrons. The van der Waals surface area contributed by atoms with Crippen molar-refractivity contribution in [2.75, 3.05) is 12.3 Å². The zero-order valence-corrected chi connectivity index (χ0v) is 9.17. The van der Waals surface area contributed by atoms with E-state index >= 15 is 0 Å². The van der Waals surface area contributed by atoms with Gasteiger partial charge in [0.2, 0.25) is 0 Å². The van der Waals surface area contributed by atoms with E-state index in [0.29, 0.717) is 4.57 Å².